The summed E-state index contributed by atoms with van der Waals surface area (Å²) in [5, 5.41) is 8.67. The largest absolute Gasteiger partial charge is 0.481 e. The fraction of sp³-hybridized carbons (Fsp3) is 0.300. The molecule has 0 spiro atoms. The number of carboxylic acid groups (broad SMARTS) is 1. The highest BCUT2D eigenvalue weighted by molar-refractivity contribution is 5.76. The molecule has 1 N–H and O–H groups in total. The van der Waals surface area contributed by atoms with E-state index in [-0.39, 0.29) is 5.56 Å². The fourth-order valence-electron chi connectivity index (χ4n) is 1.27. The van der Waals surface area contributed by atoms with Crippen molar-refractivity contribution < 1.29 is 27.5 Å². The van der Waals surface area contributed by atoms with Gasteiger partial charge in [0.2, 0.25) is 0 Å². The molecule has 2 nitrogen and oxygen atoms in total. The Morgan fingerprint density at radius 2 is 1.75 bits per heavy atom. The lowest BCUT2D eigenvalue weighted by molar-refractivity contribution is -0.157. The zero-order chi connectivity index (χ0) is 12.3. The summed E-state index contributed by atoms with van der Waals surface area (Å²) in [6.07, 6.45) is -6.04. The molecule has 0 heterocycles. The van der Waals surface area contributed by atoms with Crippen molar-refractivity contribution in [3.63, 3.8) is 0 Å². The van der Waals surface area contributed by atoms with Crippen LogP contribution in [0, 0.1) is 5.82 Å². The Morgan fingerprint density at radius 1 is 1.25 bits per heavy atom. The van der Waals surface area contributed by atoms with Crippen molar-refractivity contribution >= 4 is 5.97 Å². The molecule has 1 aromatic carbocycles. The first kappa shape index (κ1) is 12.5. The van der Waals surface area contributed by atoms with Gasteiger partial charge in [-0.2, -0.15) is 13.2 Å². The van der Waals surface area contributed by atoms with E-state index in [0.29, 0.717) is 0 Å². The molecule has 0 saturated heterocycles. The van der Waals surface area contributed by atoms with Gasteiger partial charge in [-0.15, -0.1) is 0 Å². The zero-order valence-electron chi connectivity index (χ0n) is 7.96. The molecule has 0 bridgehead atoms. The lowest BCUT2D eigenvalue weighted by Crippen LogP contribution is -2.20. The number of halogens is 4. The minimum atomic E-state index is -4.57. The van der Waals surface area contributed by atoms with Crippen LogP contribution in [-0.4, -0.2) is 17.3 Å². The van der Waals surface area contributed by atoms with Gasteiger partial charge >= 0.3 is 12.1 Å². The number of hydrogen-bond acceptors (Lipinski definition) is 1. The van der Waals surface area contributed by atoms with Crippen molar-refractivity contribution in [1.29, 1.82) is 0 Å². The Bertz CT molecular complexity index is 369. The summed E-state index contributed by atoms with van der Waals surface area (Å²) < 4.78 is 48.8. The molecule has 1 rings (SSSR count). The average molecular weight is 236 g/mol. The third-order valence-electron chi connectivity index (χ3n) is 2.01. The van der Waals surface area contributed by atoms with E-state index in [4.69, 9.17) is 5.11 Å². The maximum absolute atomic E-state index is 12.5. The van der Waals surface area contributed by atoms with Crippen molar-refractivity contribution in [3.05, 3.63) is 35.6 Å². The van der Waals surface area contributed by atoms with E-state index in [1.165, 1.54) is 0 Å². The van der Waals surface area contributed by atoms with Crippen LogP contribution < -0.4 is 0 Å². The van der Waals surface area contributed by atoms with Crippen LogP contribution in [0.3, 0.4) is 0 Å². The fourth-order valence-corrected chi connectivity index (χ4v) is 1.27. The van der Waals surface area contributed by atoms with Crippen LogP contribution in [0.2, 0.25) is 0 Å². The van der Waals surface area contributed by atoms with E-state index in [1.54, 1.807) is 0 Å². The number of carbonyl (C=O) groups is 1. The highest BCUT2D eigenvalue weighted by Crippen LogP contribution is 2.31. The smallest absolute Gasteiger partial charge is 0.390 e. The molecule has 6 heteroatoms. The van der Waals surface area contributed by atoms with Gasteiger partial charge < -0.3 is 5.11 Å². The first-order valence-corrected chi connectivity index (χ1v) is 4.34. The van der Waals surface area contributed by atoms with Crippen LogP contribution in [0.1, 0.15) is 17.9 Å². The lowest BCUT2D eigenvalue weighted by Gasteiger charge is -2.14. The number of rotatable bonds is 3. The minimum absolute atomic E-state index is 0.0637. The Balaban J connectivity index is 2.94. The summed E-state index contributed by atoms with van der Waals surface area (Å²) in [6.45, 7) is 0. The molecule has 0 aliphatic carbocycles. The summed E-state index contributed by atoms with van der Waals surface area (Å²) >= 11 is 0. The molecule has 0 aliphatic heterocycles. The summed E-state index contributed by atoms with van der Waals surface area (Å²) in [5.74, 6) is -3.90. The van der Waals surface area contributed by atoms with Gasteiger partial charge in [0.05, 0.1) is 12.3 Å². The Hall–Kier alpha value is -1.59. The lowest BCUT2D eigenvalue weighted by atomic mass is 9.96. The summed E-state index contributed by atoms with van der Waals surface area (Å²) in [4.78, 5) is 10.7. The highest BCUT2D eigenvalue weighted by atomic mass is 19.4. The van der Waals surface area contributed by atoms with Gasteiger partial charge in [0.25, 0.3) is 0 Å². The Labute approximate surface area is 88.5 Å². The maximum atomic E-state index is 12.5. The van der Waals surface area contributed by atoms with E-state index in [2.05, 4.69) is 0 Å². The molecule has 0 unspecified atom stereocenters. The SMILES string of the molecule is O=C(O)[C@H](CC(F)(F)F)c1ccc(F)cc1. The molecule has 0 aromatic heterocycles. The first-order chi connectivity index (χ1) is 7.29. The molecule has 0 fully saturated rings. The van der Waals surface area contributed by atoms with Crippen molar-refractivity contribution in [2.24, 2.45) is 0 Å². The first-order valence-electron chi connectivity index (χ1n) is 4.34. The van der Waals surface area contributed by atoms with Gasteiger partial charge in [-0.3, -0.25) is 4.79 Å². The second-order valence-electron chi connectivity index (χ2n) is 3.26. The monoisotopic (exact) mass is 236 g/mol. The predicted molar refractivity (Wildman–Crippen MR) is 47.4 cm³/mol. The van der Waals surface area contributed by atoms with E-state index in [9.17, 15) is 22.4 Å². The second-order valence-corrected chi connectivity index (χ2v) is 3.26. The third kappa shape index (κ3) is 3.52. The predicted octanol–water partition coefficient (Wildman–Crippen LogP) is 2.95. The summed E-state index contributed by atoms with van der Waals surface area (Å²) in [5.41, 5.74) is -0.0637. The molecule has 0 aliphatic rings. The third-order valence-corrected chi connectivity index (χ3v) is 2.01. The van der Waals surface area contributed by atoms with Gasteiger partial charge in [0, 0.05) is 0 Å². The quantitative estimate of drug-likeness (QED) is 0.819. The Morgan fingerprint density at radius 3 is 2.12 bits per heavy atom. The van der Waals surface area contributed by atoms with Crippen molar-refractivity contribution in [3.8, 4) is 0 Å². The Kier molecular flexibility index (Phi) is 3.51. The van der Waals surface area contributed by atoms with Gasteiger partial charge in [-0.05, 0) is 17.7 Å². The van der Waals surface area contributed by atoms with Crippen LogP contribution in [-0.2, 0) is 4.79 Å². The minimum Gasteiger partial charge on any atom is -0.481 e. The molecular weight excluding hydrogens is 228 g/mol. The summed E-state index contributed by atoms with van der Waals surface area (Å²) in [7, 11) is 0. The van der Waals surface area contributed by atoms with Crippen molar-refractivity contribution in [2.75, 3.05) is 0 Å². The average Bonchev–Trinajstić information content (AvgIpc) is 2.14. The van der Waals surface area contributed by atoms with E-state index < -0.39 is 30.3 Å². The van der Waals surface area contributed by atoms with Crippen molar-refractivity contribution in [2.45, 2.75) is 18.5 Å². The second kappa shape index (κ2) is 4.51. The van der Waals surface area contributed by atoms with Crippen LogP contribution >= 0.6 is 0 Å². The van der Waals surface area contributed by atoms with Gasteiger partial charge in [-0.1, -0.05) is 12.1 Å². The zero-order valence-corrected chi connectivity index (χ0v) is 7.96. The normalized spacial score (nSPS) is 13.5. The van der Waals surface area contributed by atoms with Gasteiger partial charge in [0.15, 0.2) is 0 Å². The topological polar surface area (TPSA) is 37.3 Å². The van der Waals surface area contributed by atoms with Gasteiger partial charge in [0.1, 0.15) is 5.82 Å². The molecule has 0 saturated carbocycles. The summed E-state index contributed by atoms with van der Waals surface area (Å²) in [6, 6.07) is 3.95. The number of aliphatic carboxylic acids is 1. The van der Waals surface area contributed by atoms with Crippen LogP contribution in [0.15, 0.2) is 24.3 Å². The van der Waals surface area contributed by atoms with Crippen LogP contribution in [0.25, 0.3) is 0 Å². The van der Waals surface area contributed by atoms with E-state index >= 15 is 0 Å². The molecular formula is C10H8F4O2. The number of hydrogen-bond donors (Lipinski definition) is 1. The molecule has 0 radical (unpaired) electrons. The molecule has 16 heavy (non-hydrogen) atoms. The van der Waals surface area contributed by atoms with Crippen LogP contribution in [0.4, 0.5) is 17.6 Å². The van der Waals surface area contributed by atoms with E-state index in [0.717, 1.165) is 24.3 Å². The number of carboxylic acids is 1. The van der Waals surface area contributed by atoms with Gasteiger partial charge in [-0.25, -0.2) is 4.39 Å². The molecule has 1 aromatic rings. The molecule has 1 atom stereocenters. The standard InChI is InChI=1S/C10H8F4O2/c11-7-3-1-6(2-4-7)8(9(15)16)5-10(12,13)14/h1-4,8H,5H2,(H,15,16)/t8-/m1/s1. The molecule has 0 amide bonds. The highest BCUT2D eigenvalue weighted by Gasteiger charge is 2.36. The molecule has 88 valence electrons. The van der Waals surface area contributed by atoms with Crippen LogP contribution in [0.5, 0.6) is 0 Å². The number of alkyl halides is 3. The van der Waals surface area contributed by atoms with E-state index in [1.807, 2.05) is 0 Å². The van der Waals surface area contributed by atoms with Crippen molar-refractivity contribution in [1.82, 2.24) is 0 Å². The number of benzene rings is 1. The maximum Gasteiger partial charge on any atom is 0.390 e.